The van der Waals surface area contributed by atoms with E-state index < -0.39 is 43.8 Å². The number of hydrogen-bond donors (Lipinski definition) is 2. The average molecular weight is 413 g/mol. The number of nitrogens with zero attached hydrogens (tertiary/aromatic N) is 1. The summed E-state index contributed by atoms with van der Waals surface area (Å²) < 4.78 is 54.3. The Kier molecular flexibility index (Phi) is 6.05. The maximum Gasteiger partial charge on any atom is 0.293 e. The van der Waals surface area contributed by atoms with E-state index in [9.17, 15) is 27.3 Å². The van der Waals surface area contributed by atoms with E-state index in [0.29, 0.717) is 0 Å². The van der Waals surface area contributed by atoms with Crippen LogP contribution in [0.4, 0.5) is 20.2 Å². The largest absolute Gasteiger partial charge is 0.373 e. The van der Waals surface area contributed by atoms with Crippen molar-refractivity contribution in [2.75, 3.05) is 5.32 Å². The minimum atomic E-state index is -3.97. The van der Waals surface area contributed by atoms with Crippen LogP contribution in [0.2, 0.25) is 0 Å². The van der Waals surface area contributed by atoms with E-state index in [1.807, 2.05) is 0 Å². The molecule has 2 rings (SSSR count). The van der Waals surface area contributed by atoms with E-state index in [2.05, 4.69) is 10.0 Å². The number of nitrogens with one attached hydrogen (secondary N) is 2. The van der Waals surface area contributed by atoms with Gasteiger partial charge >= 0.3 is 0 Å². The number of nitro groups is 1. The molecule has 1 atom stereocenters. The average Bonchev–Trinajstić information content (AvgIpc) is 2.52. The second-order valence-electron chi connectivity index (χ2n) is 7.32. The standard InChI is InChI=1S/C18H21F2N3O4S/c1-11(14-7-5-12(19)9-15(14)20)21-16-8-6-13(10-17(16)23(24)25)28(26,27)22-18(2,3)4/h5-11,21-22H,1-4H3/t11-/m0/s1. The highest BCUT2D eigenvalue weighted by atomic mass is 32.2. The molecule has 0 aromatic heterocycles. The minimum absolute atomic E-state index is 0.0101. The maximum absolute atomic E-state index is 13.9. The van der Waals surface area contributed by atoms with E-state index in [1.54, 1.807) is 27.7 Å². The first-order valence-electron chi connectivity index (χ1n) is 8.34. The van der Waals surface area contributed by atoms with Crippen LogP contribution in [0.25, 0.3) is 0 Å². The van der Waals surface area contributed by atoms with Gasteiger partial charge in [-0.1, -0.05) is 6.07 Å². The van der Waals surface area contributed by atoms with E-state index in [1.165, 1.54) is 18.2 Å². The first kappa shape index (κ1) is 21.7. The van der Waals surface area contributed by atoms with Gasteiger partial charge in [-0.3, -0.25) is 10.1 Å². The summed E-state index contributed by atoms with van der Waals surface area (Å²) in [6.45, 7) is 6.49. The first-order chi connectivity index (χ1) is 12.8. The molecule has 152 valence electrons. The van der Waals surface area contributed by atoms with Gasteiger partial charge in [0, 0.05) is 23.2 Å². The van der Waals surface area contributed by atoms with Gasteiger partial charge in [-0.2, -0.15) is 0 Å². The van der Waals surface area contributed by atoms with Gasteiger partial charge in [-0.05, 0) is 45.9 Å². The van der Waals surface area contributed by atoms with Gasteiger partial charge in [-0.15, -0.1) is 0 Å². The molecule has 0 bridgehead atoms. The molecule has 28 heavy (non-hydrogen) atoms. The lowest BCUT2D eigenvalue weighted by molar-refractivity contribution is -0.384. The summed E-state index contributed by atoms with van der Waals surface area (Å²) in [5, 5.41) is 14.2. The quantitative estimate of drug-likeness (QED) is 0.548. The molecule has 2 aromatic carbocycles. The molecule has 0 heterocycles. The van der Waals surface area contributed by atoms with E-state index >= 15 is 0 Å². The summed E-state index contributed by atoms with van der Waals surface area (Å²) in [6.07, 6.45) is 0. The fourth-order valence-corrected chi connectivity index (χ4v) is 4.02. The lowest BCUT2D eigenvalue weighted by Crippen LogP contribution is -2.40. The molecular formula is C18H21F2N3O4S. The molecule has 2 N–H and O–H groups in total. The van der Waals surface area contributed by atoms with Crippen molar-refractivity contribution >= 4 is 21.4 Å². The highest BCUT2D eigenvalue weighted by molar-refractivity contribution is 7.89. The molecule has 0 saturated carbocycles. The summed E-state index contributed by atoms with van der Waals surface area (Å²) in [5.74, 6) is -1.53. The maximum atomic E-state index is 13.9. The van der Waals surface area contributed by atoms with Crippen LogP contribution < -0.4 is 10.0 Å². The molecule has 0 radical (unpaired) electrons. The van der Waals surface area contributed by atoms with Crippen LogP contribution in [0.3, 0.4) is 0 Å². The van der Waals surface area contributed by atoms with Crippen LogP contribution in [-0.2, 0) is 10.0 Å². The number of sulfonamides is 1. The fraction of sp³-hybridized carbons (Fsp3) is 0.333. The molecule has 0 amide bonds. The van der Waals surface area contributed by atoms with Crippen LogP contribution in [0, 0.1) is 21.7 Å². The molecule has 0 aliphatic heterocycles. The van der Waals surface area contributed by atoms with Crippen molar-refractivity contribution < 1.29 is 22.1 Å². The highest BCUT2D eigenvalue weighted by Crippen LogP contribution is 2.31. The number of halogens is 2. The van der Waals surface area contributed by atoms with E-state index in [-0.39, 0.29) is 16.1 Å². The summed E-state index contributed by atoms with van der Waals surface area (Å²) >= 11 is 0. The Hall–Kier alpha value is -2.59. The highest BCUT2D eigenvalue weighted by Gasteiger charge is 2.26. The Bertz CT molecular complexity index is 1000. The van der Waals surface area contributed by atoms with Crippen molar-refractivity contribution in [3.05, 3.63) is 63.7 Å². The smallest absolute Gasteiger partial charge is 0.293 e. The Morgan fingerprint density at radius 3 is 2.29 bits per heavy atom. The summed E-state index contributed by atoms with van der Waals surface area (Å²) in [5.41, 5.74) is -1.12. The van der Waals surface area contributed by atoms with Crippen LogP contribution >= 0.6 is 0 Å². The third-order valence-electron chi connectivity index (χ3n) is 3.72. The van der Waals surface area contributed by atoms with Gasteiger partial charge in [0.2, 0.25) is 10.0 Å². The topological polar surface area (TPSA) is 101 Å². The second kappa shape index (κ2) is 7.80. The molecule has 2 aromatic rings. The van der Waals surface area contributed by atoms with E-state index in [4.69, 9.17) is 0 Å². The van der Waals surface area contributed by atoms with Crippen molar-refractivity contribution in [3.63, 3.8) is 0 Å². The molecular weight excluding hydrogens is 392 g/mol. The zero-order chi connectivity index (χ0) is 21.3. The SMILES string of the molecule is C[C@H](Nc1ccc(S(=O)(=O)NC(C)(C)C)cc1[N+](=O)[O-])c1ccc(F)cc1F. The third kappa shape index (κ3) is 5.23. The second-order valence-corrected chi connectivity index (χ2v) is 9.01. The van der Waals surface area contributed by atoms with Gasteiger partial charge < -0.3 is 5.32 Å². The Balaban J connectivity index is 2.39. The Morgan fingerprint density at radius 1 is 1.11 bits per heavy atom. The fourth-order valence-electron chi connectivity index (χ4n) is 2.58. The summed E-state index contributed by atoms with van der Waals surface area (Å²) in [7, 11) is -3.97. The Labute approximate surface area is 162 Å². The molecule has 0 aliphatic carbocycles. The predicted molar refractivity (Wildman–Crippen MR) is 102 cm³/mol. The van der Waals surface area contributed by atoms with Crippen LogP contribution in [0.15, 0.2) is 41.3 Å². The molecule has 7 nitrogen and oxygen atoms in total. The van der Waals surface area contributed by atoms with E-state index in [0.717, 1.165) is 18.2 Å². The number of anilines is 1. The van der Waals surface area contributed by atoms with Crippen molar-refractivity contribution in [3.8, 4) is 0 Å². The summed E-state index contributed by atoms with van der Waals surface area (Å²) in [4.78, 5) is 10.4. The van der Waals surface area contributed by atoms with Gasteiger partial charge in [0.1, 0.15) is 17.3 Å². The normalized spacial score (nSPS) is 13.2. The van der Waals surface area contributed by atoms with Gasteiger partial charge in [-0.25, -0.2) is 21.9 Å². The van der Waals surface area contributed by atoms with Gasteiger partial charge in [0.25, 0.3) is 5.69 Å². The van der Waals surface area contributed by atoms with Gasteiger partial charge in [0.05, 0.1) is 15.9 Å². The van der Waals surface area contributed by atoms with Crippen molar-refractivity contribution in [2.24, 2.45) is 0 Å². The minimum Gasteiger partial charge on any atom is -0.373 e. The molecule has 0 unspecified atom stereocenters. The lowest BCUT2D eigenvalue weighted by atomic mass is 10.1. The molecule has 0 saturated heterocycles. The molecule has 10 heteroatoms. The van der Waals surface area contributed by atoms with Crippen molar-refractivity contribution in [2.45, 2.75) is 44.2 Å². The zero-order valence-electron chi connectivity index (χ0n) is 15.8. The van der Waals surface area contributed by atoms with Crippen LogP contribution in [-0.4, -0.2) is 18.9 Å². The van der Waals surface area contributed by atoms with Crippen LogP contribution in [0.5, 0.6) is 0 Å². The van der Waals surface area contributed by atoms with Crippen molar-refractivity contribution in [1.82, 2.24) is 4.72 Å². The number of hydrogen-bond acceptors (Lipinski definition) is 5. The molecule has 0 fully saturated rings. The Morgan fingerprint density at radius 2 is 1.75 bits per heavy atom. The number of nitro benzene ring substituents is 1. The zero-order valence-corrected chi connectivity index (χ0v) is 16.6. The lowest BCUT2D eigenvalue weighted by Gasteiger charge is -2.21. The summed E-state index contributed by atoms with van der Waals surface area (Å²) in [6, 6.07) is 5.71. The number of rotatable bonds is 6. The molecule has 0 aliphatic rings. The first-order valence-corrected chi connectivity index (χ1v) is 9.82. The van der Waals surface area contributed by atoms with Crippen LogP contribution in [0.1, 0.15) is 39.3 Å². The van der Waals surface area contributed by atoms with Crippen molar-refractivity contribution in [1.29, 1.82) is 0 Å². The predicted octanol–water partition coefficient (Wildman–Crippen LogP) is 4.12. The molecule has 0 spiro atoms. The third-order valence-corrected chi connectivity index (χ3v) is 5.47. The van der Waals surface area contributed by atoms with Gasteiger partial charge in [0.15, 0.2) is 0 Å². The number of benzene rings is 2. The monoisotopic (exact) mass is 413 g/mol.